The second-order valence-corrected chi connectivity index (χ2v) is 18.3. The van der Waals surface area contributed by atoms with Gasteiger partial charge in [0.25, 0.3) is 0 Å². The third-order valence-corrected chi connectivity index (χ3v) is 14.5. The monoisotopic (exact) mass is 852 g/mol. The molecule has 0 bridgehead atoms. The molecule has 0 fully saturated rings. The molecular formula is C60H40N2S2. The van der Waals surface area contributed by atoms with Crippen LogP contribution in [0.15, 0.2) is 243 Å². The second kappa shape index (κ2) is 16.2. The van der Waals surface area contributed by atoms with Gasteiger partial charge in [0.2, 0.25) is 0 Å². The molecule has 0 saturated heterocycles. The maximum absolute atomic E-state index is 2.44. The minimum Gasteiger partial charge on any atom is -0.310 e. The lowest BCUT2D eigenvalue weighted by Crippen LogP contribution is -2.12. The third kappa shape index (κ3) is 6.90. The van der Waals surface area contributed by atoms with Gasteiger partial charge in [-0.1, -0.05) is 164 Å². The van der Waals surface area contributed by atoms with Crippen LogP contribution >= 0.6 is 22.7 Å². The van der Waals surface area contributed by atoms with Crippen molar-refractivity contribution in [3.05, 3.63) is 243 Å². The van der Waals surface area contributed by atoms with E-state index in [-0.39, 0.29) is 0 Å². The van der Waals surface area contributed by atoms with Crippen LogP contribution in [0.2, 0.25) is 0 Å². The topological polar surface area (TPSA) is 6.48 Å². The summed E-state index contributed by atoms with van der Waals surface area (Å²) in [6.07, 6.45) is 0. The van der Waals surface area contributed by atoms with E-state index in [1.807, 2.05) is 22.7 Å². The van der Waals surface area contributed by atoms with E-state index < -0.39 is 0 Å². The van der Waals surface area contributed by atoms with Gasteiger partial charge in [0, 0.05) is 74.3 Å². The Balaban J connectivity index is 1.03. The summed E-state index contributed by atoms with van der Waals surface area (Å²) in [5, 5.41) is 5.17. The minimum atomic E-state index is 1.09. The Bertz CT molecular complexity index is 3640. The summed E-state index contributed by atoms with van der Waals surface area (Å²) < 4.78 is 5.14. The standard InChI is InChI=1S/C60H40N2S2/c1-3-16-41(17-4-1)43-20-13-23-46(36-43)61(49-32-34-54-52-27-8-11-30-57(52)63-59(54)39-49)47-24-15-22-45(38-47)51-26-7-10-29-56(51)62(48-25-14-21-44(37-48)42-18-5-2-6-19-42)50-33-35-55-53-28-9-12-31-58(53)64-60(55)40-50/h1-40H. The summed E-state index contributed by atoms with van der Waals surface area (Å²) in [5.41, 5.74) is 13.6. The van der Waals surface area contributed by atoms with Crippen LogP contribution in [0.3, 0.4) is 0 Å². The molecule has 2 nitrogen and oxygen atoms in total. The van der Waals surface area contributed by atoms with E-state index in [2.05, 4.69) is 252 Å². The molecule has 302 valence electrons. The first-order valence-corrected chi connectivity index (χ1v) is 23.3. The SMILES string of the molecule is c1ccc(-c2cccc(N(c3cccc(-c4ccccc4N(c4cccc(-c5ccccc5)c4)c4ccc5c(c4)sc4ccccc45)c3)c3ccc4c(c3)sc3ccccc34)c2)cc1. The number of benzene rings is 10. The first kappa shape index (κ1) is 38.0. The van der Waals surface area contributed by atoms with E-state index in [1.54, 1.807) is 0 Å². The van der Waals surface area contributed by atoms with E-state index in [0.29, 0.717) is 0 Å². The van der Waals surface area contributed by atoms with E-state index in [4.69, 9.17) is 0 Å². The number of hydrogen-bond acceptors (Lipinski definition) is 4. The Morgan fingerprint density at radius 2 is 0.625 bits per heavy atom. The smallest absolute Gasteiger partial charge is 0.0540 e. The van der Waals surface area contributed by atoms with Gasteiger partial charge in [-0.3, -0.25) is 0 Å². The normalized spacial score (nSPS) is 11.4. The van der Waals surface area contributed by atoms with Crippen LogP contribution in [-0.2, 0) is 0 Å². The molecule has 0 saturated carbocycles. The van der Waals surface area contributed by atoms with Crippen molar-refractivity contribution in [3.8, 4) is 33.4 Å². The predicted molar refractivity (Wildman–Crippen MR) is 278 cm³/mol. The van der Waals surface area contributed by atoms with E-state index in [0.717, 1.165) is 45.3 Å². The molecule has 4 heteroatoms. The first-order valence-electron chi connectivity index (χ1n) is 21.7. The highest BCUT2D eigenvalue weighted by Crippen LogP contribution is 2.47. The molecule has 12 rings (SSSR count). The number of nitrogens with zero attached hydrogens (tertiary/aromatic N) is 2. The molecule has 0 unspecified atom stereocenters. The zero-order valence-electron chi connectivity index (χ0n) is 34.8. The number of hydrogen-bond donors (Lipinski definition) is 0. The number of fused-ring (bicyclic) bond motifs is 6. The fourth-order valence-corrected chi connectivity index (χ4v) is 11.5. The Morgan fingerprint density at radius 3 is 1.19 bits per heavy atom. The summed E-state index contributed by atoms with van der Waals surface area (Å²) in [6.45, 7) is 0. The average molecular weight is 853 g/mol. The highest BCUT2D eigenvalue weighted by atomic mass is 32.1. The molecule has 2 aromatic heterocycles. The van der Waals surface area contributed by atoms with Crippen molar-refractivity contribution in [2.75, 3.05) is 9.80 Å². The molecule has 0 aliphatic carbocycles. The van der Waals surface area contributed by atoms with E-state index in [9.17, 15) is 0 Å². The molecule has 64 heavy (non-hydrogen) atoms. The van der Waals surface area contributed by atoms with Gasteiger partial charge in [-0.05, 0) is 107 Å². The van der Waals surface area contributed by atoms with Crippen LogP contribution in [-0.4, -0.2) is 0 Å². The molecule has 0 atom stereocenters. The predicted octanol–water partition coefficient (Wildman–Crippen LogP) is 18.4. The van der Waals surface area contributed by atoms with Crippen molar-refractivity contribution in [3.63, 3.8) is 0 Å². The van der Waals surface area contributed by atoms with Crippen LogP contribution in [0.4, 0.5) is 34.1 Å². The summed E-state index contributed by atoms with van der Waals surface area (Å²) in [7, 11) is 0. The molecule has 10 aromatic carbocycles. The highest BCUT2D eigenvalue weighted by molar-refractivity contribution is 7.26. The fraction of sp³-hybridized carbons (Fsp3) is 0. The van der Waals surface area contributed by atoms with Gasteiger partial charge < -0.3 is 9.80 Å². The lowest BCUT2D eigenvalue weighted by molar-refractivity contribution is 1.28. The molecule has 0 spiro atoms. The van der Waals surface area contributed by atoms with Gasteiger partial charge in [0.1, 0.15) is 0 Å². The van der Waals surface area contributed by atoms with Crippen molar-refractivity contribution in [2.45, 2.75) is 0 Å². The van der Waals surface area contributed by atoms with Crippen LogP contribution in [0.5, 0.6) is 0 Å². The maximum atomic E-state index is 2.44. The number of thiophene rings is 2. The summed E-state index contributed by atoms with van der Waals surface area (Å²) in [6, 6.07) is 88.5. The lowest BCUT2D eigenvalue weighted by Gasteiger charge is -2.29. The van der Waals surface area contributed by atoms with E-state index in [1.165, 1.54) is 62.6 Å². The lowest BCUT2D eigenvalue weighted by atomic mass is 9.99. The summed E-state index contributed by atoms with van der Waals surface area (Å²) in [5.74, 6) is 0. The molecular weight excluding hydrogens is 813 g/mol. The third-order valence-electron chi connectivity index (χ3n) is 12.2. The van der Waals surface area contributed by atoms with Crippen molar-refractivity contribution >= 4 is 97.1 Å². The number of anilines is 6. The van der Waals surface area contributed by atoms with Gasteiger partial charge in [0.15, 0.2) is 0 Å². The van der Waals surface area contributed by atoms with Crippen LogP contribution in [0.25, 0.3) is 73.7 Å². The first-order chi connectivity index (χ1) is 31.7. The van der Waals surface area contributed by atoms with Crippen LogP contribution in [0.1, 0.15) is 0 Å². The van der Waals surface area contributed by atoms with Gasteiger partial charge in [-0.25, -0.2) is 0 Å². The van der Waals surface area contributed by atoms with Crippen molar-refractivity contribution in [2.24, 2.45) is 0 Å². The average Bonchev–Trinajstić information content (AvgIpc) is 3.93. The molecule has 0 N–H and O–H groups in total. The second-order valence-electron chi connectivity index (χ2n) is 16.1. The van der Waals surface area contributed by atoms with Gasteiger partial charge in [-0.15, -0.1) is 22.7 Å². The highest BCUT2D eigenvalue weighted by Gasteiger charge is 2.21. The zero-order valence-corrected chi connectivity index (χ0v) is 36.4. The van der Waals surface area contributed by atoms with Crippen molar-refractivity contribution in [1.29, 1.82) is 0 Å². The van der Waals surface area contributed by atoms with Crippen LogP contribution < -0.4 is 9.80 Å². The number of rotatable bonds is 9. The largest absolute Gasteiger partial charge is 0.310 e. The Kier molecular flexibility index (Phi) is 9.59. The summed E-state index contributed by atoms with van der Waals surface area (Å²) in [4.78, 5) is 4.85. The zero-order chi connectivity index (χ0) is 42.4. The molecule has 0 amide bonds. The molecule has 0 aliphatic heterocycles. The van der Waals surface area contributed by atoms with Gasteiger partial charge in [-0.2, -0.15) is 0 Å². The number of para-hydroxylation sites is 1. The Morgan fingerprint density at radius 1 is 0.234 bits per heavy atom. The molecule has 0 aliphatic rings. The maximum Gasteiger partial charge on any atom is 0.0540 e. The van der Waals surface area contributed by atoms with Gasteiger partial charge >= 0.3 is 0 Å². The molecule has 0 radical (unpaired) electrons. The van der Waals surface area contributed by atoms with E-state index >= 15 is 0 Å². The minimum absolute atomic E-state index is 1.09. The quantitative estimate of drug-likeness (QED) is 0.143. The molecule has 12 aromatic rings. The van der Waals surface area contributed by atoms with Crippen molar-refractivity contribution in [1.82, 2.24) is 0 Å². The van der Waals surface area contributed by atoms with Gasteiger partial charge in [0.05, 0.1) is 5.69 Å². The fourth-order valence-electron chi connectivity index (χ4n) is 9.22. The Hall–Kier alpha value is -7.76. The van der Waals surface area contributed by atoms with Crippen molar-refractivity contribution < 1.29 is 0 Å². The van der Waals surface area contributed by atoms with Crippen LogP contribution in [0, 0.1) is 0 Å². The summed E-state index contributed by atoms with van der Waals surface area (Å²) >= 11 is 3.71. The Labute approximate surface area is 380 Å². The molecule has 2 heterocycles.